The van der Waals surface area contributed by atoms with Crippen LogP contribution in [0.4, 0.5) is 5.69 Å². The third-order valence-corrected chi connectivity index (χ3v) is 5.12. The van der Waals surface area contributed by atoms with Crippen LogP contribution in [0.1, 0.15) is 10.4 Å². The lowest BCUT2D eigenvalue weighted by atomic mass is 10.1. The van der Waals surface area contributed by atoms with Gasteiger partial charge < -0.3 is 11.1 Å². The fraction of sp³-hybridized carbons (Fsp3) is 0.154. The Morgan fingerprint density at radius 1 is 1.26 bits per heavy atom. The minimum Gasteiger partial charge on any atom is -0.389 e. The number of benzene rings is 1. The lowest BCUT2D eigenvalue weighted by Crippen LogP contribution is -2.15. The van der Waals surface area contributed by atoms with Crippen LogP contribution in [0, 0.1) is 0 Å². The number of hydrogen-bond donors (Lipinski definition) is 2. The third-order valence-electron chi connectivity index (χ3n) is 2.58. The highest BCUT2D eigenvalue weighted by Crippen LogP contribution is 2.25. The van der Waals surface area contributed by atoms with Crippen molar-refractivity contribution in [1.29, 1.82) is 0 Å². The second-order valence-corrected chi connectivity index (χ2v) is 7.75. The molecule has 0 spiro atoms. The van der Waals surface area contributed by atoms with Crippen LogP contribution < -0.4 is 11.1 Å². The molecular formula is C13H12Br2N2S2. The lowest BCUT2D eigenvalue weighted by Gasteiger charge is -2.12. The maximum absolute atomic E-state index is 5.76. The van der Waals surface area contributed by atoms with E-state index in [4.69, 9.17) is 18.0 Å². The van der Waals surface area contributed by atoms with Gasteiger partial charge in [-0.1, -0.05) is 18.3 Å². The Balaban J connectivity index is 2.03. The van der Waals surface area contributed by atoms with Gasteiger partial charge in [0.25, 0.3) is 0 Å². The van der Waals surface area contributed by atoms with Crippen LogP contribution >= 0.6 is 55.4 Å². The number of thiophene rings is 1. The quantitative estimate of drug-likeness (QED) is 0.697. The first-order valence-electron chi connectivity index (χ1n) is 5.64. The molecule has 19 heavy (non-hydrogen) atoms. The summed E-state index contributed by atoms with van der Waals surface area (Å²) < 4.78 is 2.08. The fourth-order valence-electron chi connectivity index (χ4n) is 1.73. The van der Waals surface area contributed by atoms with Crippen molar-refractivity contribution in [2.45, 2.75) is 6.42 Å². The molecule has 0 fully saturated rings. The molecule has 1 aromatic carbocycles. The van der Waals surface area contributed by atoms with Gasteiger partial charge >= 0.3 is 0 Å². The molecule has 0 bridgehead atoms. The van der Waals surface area contributed by atoms with Gasteiger partial charge in [-0.25, -0.2) is 0 Å². The summed E-state index contributed by atoms with van der Waals surface area (Å²) in [7, 11) is 0. The van der Waals surface area contributed by atoms with Crippen LogP contribution in [0.5, 0.6) is 0 Å². The summed E-state index contributed by atoms with van der Waals surface area (Å²) in [4.78, 5) is 1.74. The van der Waals surface area contributed by atoms with Gasteiger partial charge in [0.1, 0.15) is 4.99 Å². The molecule has 0 amide bonds. The molecule has 1 heterocycles. The van der Waals surface area contributed by atoms with E-state index < -0.39 is 0 Å². The van der Waals surface area contributed by atoms with Gasteiger partial charge in [-0.3, -0.25) is 0 Å². The molecule has 6 heteroatoms. The number of halogens is 2. The number of rotatable bonds is 5. The highest BCUT2D eigenvalue weighted by molar-refractivity contribution is 9.11. The summed E-state index contributed by atoms with van der Waals surface area (Å²) in [6.07, 6.45) is 0.972. The van der Waals surface area contributed by atoms with Crippen LogP contribution in [0.25, 0.3) is 0 Å². The van der Waals surface area contributed by atoms with Gasteiger partial charge in [-0.05, 0) is 62.5 Å². The molecule has 2 nitrogen and oxygen atoms in total. The highest BCUT2D eigenvalue weighted by atomic mass is 79.9. The Morgan fingerprint density at radius 2 is 2.05 bits per heavy atom. The van der Waals surface area contributed by atoms with E-state index in [0.717, 1.165) is 32.5 Å². The summed E-state index contributed by atoms with van der Waals surface area (Å²) in [6.45, 7) is 0.846. The number of nitrogens with one attached hydrogen (secondary N) is 1. The van der Waals surface area contributed by atoms with E-state index in [-0.39, 0.29) is 0 Å². The molecule has 0 saturated heterocycles. The zero-order chi connectivity index (χ0) is 13.8. The maximum Gasteiger partial charge on any atom is 0.107 e. The van der Waals surface area contributed by atoms with Crippen LogP contribution in [-0.4, -0.2) is 11.5 Å². The van der Waals surface area contributed by atoms with E-state index in [1.165, 1.54) is 4.88 Å². The van der Waals surface area contributed by atoms with E-state index in [0.29, 0.717) is 4.99 Å². The standard InChI is InChI=1S/C13H12Br2N2S2/c14-9-2-1-3-10(12(9)13(16)18)17-7-6-8-4-5-11(15)19-8/h1-5,17H,6-7H2,(H2,16,18). The second-order valence-electron chi connectivity index (χ2n) is 3.91. The average molecular weight is 420 g/mol. The predicted molar refractivity (Wildman–Crippen MR) is 94.2 cm³/mol. The summed E-state index contributed by atoms with van der Waals surface area (Å²) in [5.74, 6) is 0. The zero-order valence-electron chi connectivity index (χ0n) is 9.95. The Labute approximate surface area is 138 Å². The maximum atomic E-state index is 5.76. The molecule has 0 radical (unpaired) electrons. The summed E-state index contributed by atoms with van der Waals surface area (Å²) in [6, 6.07) is 10.1. The van der Waals surface area contributed by atoms with Crippen molar-refractivity contribution in [1.82, 2.24) is 0 Å². The molecular weight excluding hydrogens is 408 g/mol. The van der Waals surface area contributed by atoms with E-state index >= 15 is 0 Å². The van der Waals surface area contributed by atoms with E-state index in [1.54, 1.807) is 11.3 Å². The van der Waals surface area contributed by atoms with Crippen LogP contribution in [0.2, 0.25) is 0 Å². The van der Waals surface area contributed by atoms with Crippen molar-refractivity contribution in [3.05, 3.63) is 49.0 Å². The molecule has 0 aliphatic heterocycles. The first kappa shape index (κ1) is 15.0. The second kappa shape index (κ2) is 6.83. The van der Waals surface area contributed by atoms with E-state index in [2.05, 4.69) is 49.3 Å². The van der Waals surface area contributed by atoms with Crippen molar-refractivity contribution in [3.63, 3.8) is 0 Å². The van der Waals surface area contributed by atoms with Crippen LogP contribution in [-0.2, 0) is 6.42 Å². The number of nitrogens with two attached hydrogens (primary N) is 1. The number of hydrogen-bond acceptors (Lipinski definition) is 3. The minimum absolute atomic E-state index is 0.397. The highest BCUT2D eigenvalue weighted by Gasteiger charge is 2.08. The molecule has 1 aromatic heterocycles. The molecule has 2 rings (SSSR count). The van der Waals surface area contributed by atoms with Gasteiger partial charge in [-0.2, -0.15) is 0 Å². The minimum atomic E-state index is 0.397. The van der Waals surface area contributed by atoms with Gasteiger partial charge in [0, 0.05) is 27.1 Å². The van der Waals surface area contributed by atoms with Crippen molar-refractivity contribution in [2.24, 2.45) is 5.73 Å². The summed E-state index contributed by atoms with van der Waals surface area (Å²) >= 11 is 13.8. The van der Waals surface area contributed by atoms with E-state index in [9.17, 15) is 0 Å². The predicted octanol–water partition coefficient (Wildman–Crippen LogP) is 4.56. The van der Waals surface area contributed by atoms with Gasteiger partial charge in [-0.15, -0.1) is 11.3 Å². The summed E-state index contributed by atoms with van der Waals surface area (Å²) in [5.41, 5.74) is 7.59. The van der Waals surface area contributed by atoms with Crippen LogP contribution in [0.3, 0.4) is 0 Å². The molecule has 0 unspecified atom stereocenters. The zero-order valence-corrected chi connectivity index (χ0v) is 14.8. The number of thiocarbonyl (C=S) groups is 1. The first-order chi connectivity index (χ1) is 9.08. The van der Waals surface area contributed by atoms with E-state index in [1.807, 2.05) is 18.2 Å². The first-order valence-corrected chi connectivity index (χ1v) is 8.45. The third kappa shape index (κ3) is 4.02. The molecule has 0 aliphatic rings. The SMILES string of the molecule is NC(=S)c1c(Br)cccc1NCCc1ccc(Br)s1. The Morgan fingerprint density at radius 3 is 2.68 bits per heavy atom. The topological polar surface area (TPSA) is 38.0 Å². The van der Waals surface area contributed by atoms with Crippen molar-refractivity contribution < 1.29 is 0 Å². The monoisotopic (exact) mass is 418 g/mol. The molecule has 3 N–H and O–H groups in total. The fourth-order valence-corrected chi connectivity index (χ4v) is 4.14. The Bertz CT molecular complexity index is 596. The Hall–Kier alpha value is -0.430. The smallest absolute Gasteiger partial charge is 0.107 e. The van der Waals surface area contributed by atoms with Crippen molar-refractivity contribution in [2.75, 3.05) is 11.9 Å². The normalized spacial score (nSPS) is 10.4. The lowest BCUT2D eigenvalue weighted by molar-refractivity contribution is 1.04. The van der Waals surface area contributed by atoms with Gasteiger partial charge in [0.2, 0.25) is 0 Å². The number of anilines is 1. The van der Waals surface area contributed by atoms with Crippen molar-refractivity contribution >= 4 is 66.1 Å². The molecule has 0 aliphatic carbocycles. The molecule has 2 aromatic rings. The van der Waals surface area contributed by atoms with Crippen molar-refractivity contribution in [3.8, 4) is 0 Å². The average Bonchev–Trinajstić information content (AvgIpc) is 2.74. The summed E-state index contributed by atoms with van der Waals surface area (Å²) in [5, 5.41) is 3.39. The largest absolute Gasteiger partial charge is 0.389 e. The van der Waals surface area contributed by atoms with Gasteiger partial charge in [0.05, 0.1) is 3.79 Å². The van der Waals surface area contributed by atoms with Crippen LogP contribution in [0.15, 0.2) is 38.6 Å². The van der Waals surface area contributed by atoms with Gasteiger partial charge in [0.15, 0.2) is 0 Å². The Kier molecular flexibility index (Phi) is 5.38. The molecule has 0 atom stereocenters. The molecule has 0 saturated carbocycles. The molecule has 100 valence electrons.